The van der Waals surface area contributed by atoms with E-state index in [0.717, 1.165) is 27.1 Å². The highest BCUT2D eigenvalue weighted by Crippen LogP contribution is 2.30. The van der Waals surface area contributed by atoms with Crippen LogP contribution in [0.5, 0.6) is 5.75 Å². The van der Waals surface area contributed by atoms with Crippen molar-refractivity contribution in [2.45, 2.75) is 26.0 Å². The molecule has 0 saturated heterocycles. The molecule has 0 aliphatic heterocycles. The molecule has 3 aromatic rings. The standard InChI is InChI=1S/C17H18N2OS/c1-11(2)20-15-6-4-3-5-13(15)17(18)12-9-16-14(19-10-12)7-8-21-16/h3-11,17H,18H2,1-2H3. The van der Waals surface area contributed by atoms with Crippen LogP contribution in [-0.2, 0) is 0 Å². The van der Waals surface area contributed by atoms with Gasteiger partial charge in [0.1, 0.15) is 5.75 Å². The zero-order valence-electron chi connectivity index (χ0n) is 12.1. The molecule has 3 rings (SSSR count). The van der Waals surface area contributed by atoms with Crippen molar-refractivity contribution in [3.63, 3.8) is 0 Å². The van der Waals surface area contributed by atoms with E-state index in [4.69, 9.17) is 10.5 Å². The maximum absolute atomic E-state index is 6.44. The zero-order chi connectivity index (χ0) is 14.8. The Kier molecular flexibility index (Phi) is 3.90. The lowest BCUT2D eigenvalue weighted by Crippen LogP contribution is -2.15. The molecule has 2 N–H and O–H groups in total. The number of pyridine rings is 1. The van der Waals surface area contributed by atoms with E-state index in [1.165, 1.54) is 0 Å². The van der Waals surface area contributed by atoms with Crippen LogP contribution in [0.4, 0.5) is 0 Å². The third-order valence-electron chi connectivity index (χ3n) is 3.30. The molecule has 21 heavy (non-hydrogen) atoms. The SMILES string of the molecule is CC(C)Oc1ccccc1C(N)c1cnc2ccsc2c1. The van der Waals surface area contributed by atoms with Gasteiger partial charge in [0.05, 0.1) is 22.4 Å². The first-order valence-corrected chi connectivity index (χ1v) is 7.87. The van der Waals surface area contributed by atoms with Crippen LogP contribution < -0.4 is 10.5 Å². The van der Waals surface area contributed by atoms with E-state index in [-0.39, 0.29) is 12.1 Å². The van der Waals surface area contributed by atoms with Crippen molar-refractivity contribution >= 4 is 21.6 Å². The molecule has 0 amide bonds. The number of ether oxygens (including phenoxy) is 1. The summed E-state index contributed by atoms with van der Waals surface area (Å²) in [4.78, 5) is 4.47. The fourth-order valence-electron chi connectivity index (χ4n) is 2.31. The molecule has 0 spiro atoms. The number of benzene rings is 1. The van der Waals surface area contributed by atoms with Crippen molar-refractivity contribution in [2.75, 3.05) is 0 Å². The Hall–Kier alpha value is -1.91. The van der Waals surface area contributed by atoms with E-state index in [2.05, 4.69) is 11.1 Å². The molecule has 1 aromatic carbocycles. The molecule has 3 nitrogen and oxygen atoms in total. The lowest BCUT2D eigenvalue weighted by molar-refractivity contribution is 0.239. The number of aromatic nitrogens is 1. The minimum Gasteiger partial charge on any atom is -0.491 e. The van der Waals surface area contributed by atoms with Crippen molar-refractivity contribution in [3.8, 4) is 5.75 Å². The summed E-state index contributed by atoms with van der Waals surface area (Å²) in [6, 6.07) is 11.8. The van der Waals surface area contributed by atoms with Crippen molar-refractivity contribution in [3.05, 3.63) is 59.1 Å². The molecule has 4 heteroatoms. The maximum Gasteiger partial charge on any atom is 0.124 e. The fourth-order valence-corrected chi connectivity index (χ4v) is 3.10. The summed E-state index contributed by atoms with van der Waals surface area (Å²) in [6.45, 7) is 4.03. The largest absolute Gasteiger partial charge is 0.491 e. The fraction of sp³-hybridized carbons (Fsp3) is 0.235. The molecule has 0 radical (unpaired) electrons. The Morgan fingerprint density at radius 3 is 2.81 bits per heavy atom. The molecule has 0 bridgehead atoms. The van der Waals surface area contributed by atoms with Gasteiger partial charge in [-0.2, -0.15) is 0 Å². The second-order valence-corrected chi connectivity index (χ2v) is 6.20. The molecule has 2 aromatic heterocycles. The van der Waals surface area contributed by atoms with Gasteiger partial charge >= 0.3 is 0 Å². The van der Waals surface area contributed by atoms with Gasteiger partial charge in [0, 0.05) is 11.8 Å². The Morgan fingerprint density at radius 2 is 2.00 bits per heavy atom. The minimum absolute atomic E-state index is 0.122. The molecule has 0 aliphatic rings. The van der Waals surface area contributed by atoms with Gasteiger partial charge in [-0.3, -0.25) is 4.98 Å². The first-order valence-electron chi connectivity index (χ1n) is 6.99. The van der Waals surface area contributed by atoms with Crippen LogP contribution >= 0.6 is 11.3 Å². The average Bonchev–Trinajstić information content (AvgIpc) is 2.94. The van der Waals surface area contributed by atoms with Gasteiger partial charge < -0.3 is 10.5 Å². The van der Waals surface area contributed by atoms with Crippen LogP contribution in [0.25, 0.3) is 10.2 Å². The van der Waals surface area contributed by atoms with Gasteiger partial charge in [-0.1, -0.05) is 18.2 Å². The number of nitrogens with two attached hydrogens (primary N) is 1. The second kappa shape index (κ2) is 5.84. The minimum atomic E-state index is -0.237. The van der Waals surface area contributed by atoms with E-state index in [1.54, 1.807) is 11.3 Å². The smallest absolute Gasteiger partial charge is 0.124 e. The maximum atomic E-state index is 6.44. The van der Waals surface area contributed by atoms with E-state index < -0.39 is 0 Å². The van der Waals surface area contributed by atoms with Crippen molar-refractivity contribution in [1.82, 2.24) is 4.98 Å². The second-order valence-electron chi connectivity index (χ2n) is 5.25. The first-order chi connectivity index (χ1) is 10.1. The number of thiophene rings is 1. The van der Waals surface area contributed by atoms with Gasteiger partial charge in [-0.15, -0.1) is 11.3 Å². The van der Waals surface area contributed by atoms with Gasteiger partial charge in [-0.05, 0) is 43.0 Å². The third kappa shape index (κ3) is 2.91. The van der Waals surface area contributed by atoms with Crippen LogP contribution in [0.15, 0.2) is 48.0 Å². The average molecular weight is 298 g/mol. The Morgan fingerprint density at radius 1 is 1.19 bits per heavy atom. The number of fused-ring (bicyclic) bond motifs is 1. The molecule has 0 aliphatic carbocycles. The van der Waals surface area contributed by atoms with Gasteiger partial charge in [0.15, 0.2) is 0 Å². The molecule has 108 valence electrons. The molecule has 0 fully saturated rings. The number of hydrogen-bond acceptors (Lipinski definition) is 4. The monoisotopic (exact) mass is 298 g/mol. The van der Waals surface area contributed by atoms with Crippen LogP contribution in [0.3, 0.4) is 0 Å². The lowest BCUT2D eigenvalue weighted by atomic mass is 10.00. The Balaban J connectivity index is 1.99. The summed E-state index contributed by atoms with van der Waals surface area (Å²) in [5, 5.41) is 2.04. The van der Waals surface area contributed by atoms with E-state index >= 15 is 0 Å². The van der Waals surface area contributed by atoms with Gasteiger partial charge in [0.2, 0.25) is 0 Å². The zero-order valence-corrected chi connectivity index (χ0v) is 12.9. The van der Waals surface area contributed by atoms with Crippen LogP contribution in [0, 0.1) is 0 Å². The lowest BCUT2D eigenvalue weighted by Gasteiger charge is -2.19. The molecule has 1 atom stereocenters. The molecular weight excluding hydrogens is 280 g/mol. The number of hydrogen-bond donors (Lipinski definition) is 1. The molecule has 0 saturated carbocycles. The van der Waals surface area contributed by atoms with Gasteiger partial charge in [-0.25, -0.2) is 0 Å². The summed E-state index contributed by atoms with van der Waals surface area (Å²) >= 11 is 1.68. The Labute approximate surface area is 128 Å². The number of nitrogens with zero attached hydrogens (tertiary/aromatic N) is 1. The predicted octanol–water partition coefficient (Wildman–Crippen LogP) is 4.13. The number of para-hydroxylation sites is 1. The topological polar surface area (TPSA) is 48.1 Å². The number of rotatable bonds is 4. The quantitative estimate of drug-likeness (QED) is 0.787. The first kappa shape index (κ1) is 14.0. The van der Waals surface area contributed by atoms with Crippen LogP contribution in [0.2, 0.25) is 0 Å². The molecule has 1 unspecified atom stereocenters. The Bertz CT molecular complexity index is 751. The molecular formula is C17H18N2OS. The van der Waals surface area contributed by atoms with Crippen molar-refractivity contribution in [2.24, 2.45) is 5.73 Å². The van der Waals surface area contributed by atoms with Gasteiger partial charge in [0.25, 0.3) is 0 Å². The summed E-state index contributed by atoms with van der Waals surface area (Å²) in [5.41, 5.74) is 9.45. The highest BCUT2D eigenvalue weighted by Gasteiger charge is 2.15. The molecule has 2 heterocycles. The normalized spacial score (nSPS) is 12.8. The van der Waals surface area contributed by atoms with Crippen molar-refractivity contribution in [1.29, 1.82) is 0 Å². The van der Waals surface area contributed by atoms with Crippen LogP contribution in [0.1, 0.15) is 31.0 Å². The van der Waals surface area contributed by atoms with Crippen LogP contribution in [-0.4, -0.2) is 11.1 Å². The summed E-state index contributed by atoms with van der Waals surface area (Å²) in [7, 11) is 0. The highest BCUT2D eigenvalue weighted by molar-refractivity contribution is 7.17. The van der Waals surface area contributed by atoms with E-state index in [1.807, 2.05) is 55.8 Å². The highest BCUT2D eigenvalue weighted by atomic mass is 32.1. The summed E-state index contributed by atoms with van der Waals surface area (Å²) < 4.78 is 7.02. The van der Waals surface area contributed by atoms with Crippen molar-refractivity contribution < 1.29 is 4.74 Å². The van der Waals surface area contributed by atoms with E-state index in [0.29, 0.717) is 0 Å². The third-order valence-corrected chi connectivity index (χ3v) is 4.15. The predicted molar refractivity (Wildman–Crippen MR) is 87.9 cm³/mol. The van der Waals surface area contributed by atoms with E-state index in [9.17, 15) is 0 Å². The summed E-state index contributed by atoms with van der Waals surface area (Å²) in [5.74, 6) is 0.839. The summed E-state index contributed by atoms with van der Waals surface area (Å²) in [6.07, 6.45) is 1.97.